The molecule has 0 amide bonds. The van der Waals surface area contributed by atoms with Gasteiger partial charge in [0, 0.05) is 0 Å². The molecule has 2 radical (unpaired) electrons. The van der Waals surface area contributed by atoms with Crippen LogP contribution in [0.4, 0.5) is 9.41 Å². The zero-order chi connectivity index (χ0) is 0. The average Bonchev–Trinajstić information content (AvgIpc) is 0. The first-order chi connectivity index (χ1) is 0. The molecule has 0 nitrogen and oxygen atoms in total. The van der Waals surface area contributed by atoms with E-state index in [0.717, 1.165) is 0 Å². The average molecular weight is 389 g/mol. The SMILES string of the molecule is F.F.[BaH2].[PbH2]. The van der Waals surface area contributed by atoms with Crippen LogP contribution in [0.3, 0.4) is 0 Å². The standard InChI is InChI=1S/Ba.2FH.Pb.4H/h;2*1H;;;;;. The molecule has 0 aromatic carbocycles. The van der Waals surface area contributed by atoms with Gasteiger partial charge in [-0.15, -0.1) is 0 Å². The van der Waals surface area contributed by atoms with Crippen molar-refractivity contribution in [2.24, 2.45) is 0 Å². The number of hydrogen-bond acceptors (Lipinski definition) is 0. The summed E-state index contributed by atoms with van der Waals surface area (Å²) in [5.41, 5.74) is 0. The Balaban J connectivity index is 0. The van der Waals surface area contributed by atoms with Gasteiger partial charge in [0.2, 0.25) is 0 Å². The Bertz CT molecular complexity index is 6.00. The van der Waals surface area contributed by atoms with Crippen LogP contribution < -0.4 is 0 Å². The van der Waals surface area contributed by atoms with Crippen molar-refractivity contribution in [3.8, 4) is 0 Å². The fourth-order valence-electron chi connectivity index (χ4n) is 0. The first kappa shape index (κ1) is 32.9. The molecule has 0 spiro atoms. The van der Waals surface area contributed by atoms with Crippen molar-refractivity contribution in [1.82, 2.24) is 0 Å². The third-order valence-electron chi connectivity index (χ3n) is 0. The Morgan fingerprint density at radius 3 is 0.750 bits per heavy atom. The van der Waals surface area contributed by atoms with Crippen molar-refractivity contribution in [3.63, 3.8) is 0 Å². The van der Waals surface area contributed by atoms with E-state index < -0.39 is 0 Å². The fourth-order valence-corrected chi connectivity index (χ4v) is 0. The van der Waals surface area contributed by atoms with Crippen molar-refractivity contribution in [3.05, 3.63) is 0 Å². The van der Waals surface area contributed by atoms with Crippen molar-refractivity contribution in [1.29, 1.82) is 0 Å². The van der Waals surface area contributed by atoms with Crippen molar-refractivity contribution >= 4 is 76.2 Å². The third-order valence-corrected chi connectivity index (χ3v) is 0. The van der Waals surface area contributed by atoms with Gasteiger partial charge in [-0.25, -0.2) is 0 Å². The third kappa shape index (κ3) is 8.84. The normalized spacial score (nSPS) is 0. The van der Waals surface area contributed by atoms with E-state index in [9.17, 15) is 0 Å². The second-order valence-corrected chi connectivity index (χ2v) is 0. The van der Waals surface area contributed by atoms with Crippen LogP contribution in [-0.4, -0.2) is 76.2 Å². The fraction of sp³-hybridized carbons (Fsp3) is 0. The molecular formula is H6BaF2Pb. The van der Waals surface area contributed by atoms with E-state index >= 15 is 0 Å². The first-order valence-corrected chi connectivity index (χ1v) is 0. The van der Waals surface area contributed by atoms with Crippen molar-refractivity contribution < 1.29 is 9.41 Å². The maximum absolute atomic E-state index is 0. The molecule has 0 heterocycles. The summed E-state index contributed by atoms with van der Waals surface area (Å²) >= 11 is 0. The molecule has 0 saturated carbocycles. The van der Waals surface area contributed by atoms with Crippen molar-refractivity contribution in [2.75, 3.05) is 0 Å². The molecule has 0 unspecified atom stereocenters. The minimum atomic E-state index is 0. The van der Waals surface area contributed by atoms with Crippen LogP contribution in [0.1, 0.15) is 0 Å². The van der Waals surface area contributed by atoms with Gasteiger partial charge in [0.25, 0.3) is 0 Å². The van der Waals surface area contributed by atoms with E-state index in [1.165, 1.54) is 0 Å². The van der Waals surface area contributed by atoms with Crippen LogP contribution in [0.15, 0.2) is 0 Å². The number of hydrogen-bond donors (Lipinski definition) is 0. The molecule has 0 N–H and O–H groups in total. The molecule has 0 aliphatic carbocycles. The predicted molar refractivity (Wildman–Crippen MR) is 22.1 cm³/mol. The second-order valence-electron chi connectivity index (χ2n) is 0. The minimum absolute atomic E-state index is 0. The predicted octanol–water partition coefficient (Wildman–Crippen LogP) is -1.53. The zero-order valence-corrected chi connectivity index (χ0v) is 7.02. The van der Waals surface area contributed by atoms with Gasteiger partial charge in [0.1, 0.15) is 0 Å². The Morgan fingerprint density at radius 2 is 0.750 bits per heavy atom. The van der Waals surface area contributed by atoms with Gasteiger partial charge in [-0.1, -0.05) is 0 Å². The van der Waals surface area contributed by atoms with Gasteiger partial charge in [-0.3, -0.25) is 9.41 Å². The van der Waals surface area contributed by atoms with E-state index in [0.29, 0.717) is 0 Å². The molecule has 4 heteroatoms. The molecule has 0 rings (SSSR count). The Labute approximate surface area is 83.7 Å². The summed E-state index contributed by atoms with van der Waals surface area (Å²) in [6.45, 7) is 0. The molecule has 4 heavy (non-hydrogen) atoms. The number of halogens is 2. The van der Waals surface area contributed by atoms with Gasteiger partial charge in [-0.05, 0) is 0 Å². The molecule has 0 atom stereocenters. The molecule has 0 aliphatic heterocycles. The quantitative estimate of drug-likeness (QED) is 0.442. The van der Waals surface area contributed by atoms with Crippen LogP contribution in [0.2, 0.25) is 0 Å². The van der Waals surface area contributed by atoms with Crippen LogP contribution in [0, 0.1) is 0 Å². The Morgan fingerprint density at radius 1 is 0.750 bits per heavy atom. The van der Waals surface area contributed by atoms with Crippen molar-refractivity contribution in [2.45, 2.75) is 0 Å². The van der Waals surface area contributed by atoms with Crippen LogP contribution >= 0.6 is 0 Å². The van der Waals surface area contributed by atoms with Crippen LogP contribution in [0.5, 0.6) is 0 Å². The molecule has 0 aliphatic rings. The summed E-state index contributed by atoms with van der Waals surface area (Å²) < 4.78 is 0. The summed E-state index contributed by atoms with van der Waals surface area (Å²) in [5, 5.41) is 0. The monoisotopic (exact) mass is 390 g/mol. The topological polar surface area (TPSA) is 0 Å². The summed E-state index contributed by atoms with van der Waals surface area (Å²) in [6.07, 6.45) is 0. The van der Waals surface area contributed by atoms with Crippen LogP contribution in [-0.2, 0) is 0 Å². The maximum atomic E-state index is 0. The first-order valence-electron chi connectivity index (χ1n) is 0. The summed E-state index contributed by atoms with van der Waals surface area (Å²) in [5.74, 6) is 0. The molecule has 0 bridgehead atoms. The zero-order valence-electron chi connectivity index (χ0n) is 1.52. The van der Waals surface area contributed by atoms with Gasteiger partial charge < -0.3 is 0 Å². The summed E-state index contributed by atoms with van der Waals surface area (Å²) in [6, 6.07) is 0. The van der Waals surface area contributed by atoms with Gasteiger partial charge in [0.05, 0.1) is 0 Å². The van der Waals surface area contributed by atoms with E-state index in [1.54, 1.807) is 0 Å². The van der Waals surface area contributed by atoms with E-state index in [-0.39, 0.29) is 85.6 Å². The summed E-state index contributed by atoms with van der Waals surface area (Å²) in [4.78, 5) is 0. The van der Waals surface area contributed by atoms with Gasteiger partial charge in [0.15, 0.2) is 0 Å². The Kier molecular flexibility index (Phi) is 151. The van der Waals surface area contributed by atoms with E-state index in [1.807, 2.05) is 0 Å². The number of rotatable bonds is 0. The van der Waals surface area contributed by atoms with Crippen LogP contribution in [0.25, 0.3) is 0 Å². The Hall–Kier alpha value is 2.35. The molecule has 0 aromatic rings. The van der Waals surface area contributed by atoms with Gasteiger partial charge >= 0.3 is 76.2 Å². The molecular weight excluding hydrogens is 383 g/mol. The molecule has 26 valence electrons. The molecule has 0 aromatic heterocycles. The van der Waals surface area contributed by atoms with E-state index in [2.05, 4.69) is 0 Å². The van der Waals surface area contributed by atoms with E-state index in [4.69, 9.17) is 0 Å². The second kappa shape index (κ2) is 18.3. The summed E-state index contributed by atoms with van der Waals surface area (Å²) in [7, 11) is 0. The molecule has 0 fully saturated rings. The molecule has 0 saturated heterocycles. The van der Waals surface area contributed by atoms with Gasteiger partial charge in [-0.2, -0.15) is 0 Å².